The normalized spacial score (nSPS) is 12.6. The third-order valence-electron chi connectivity index (χ3n) is 4.79. The topological polar surface area (TPSA) is 52.7 Å². The lowest BCUT2D eigenvalue weighted by atomic mass is 10.1. The molecule has 1 aliphatic heterocycles. The first-order valence-corrected chi connectivity index (χ1v) is 9.03. The van der Waals surface area contributed by atoms with Gasteiger partial charge in [0.25, 0.3) is 0 Å². The molecule has 1 aliphatic rings. The molecule has 2 amide bonds. The van der Waals surface area contributed by atoms with Crippen LogP contribution in [0.3, 0.4) is 0 Å². The zero-order chi connectivity index (χ0) is 18.5. The molecule has 2 aromatic carbocycles. The Hall–Kier alpha value is -2.82. The number of amides is 2. The van der Waals surface area contributed by atoms with Crippen molar-refractivity contribution >= 4 is 23.2 Å². The fourth-order valence-electron chi connectivity index (χ4n) is 3.30. The van der Waals surface area contributed by atoms with Crippen molar-refractivity contribution in [3.8, 4) is 0 Å². The monoisotopic (exact) mass is 351 g/mol. The Bertz CT molecular complexity index is 803. The zero-order valence-electron chi connectivity index (χ0n) is 15.4. The van der Waals surface area contributed by atoms with Crippen LogP contribution in [0.25, 0.3) is 0 Å². The van der Waals surface area contributed by atoms with E-state index in [9.17, 15) is 9.59 Å². The number of carbonyl (C=O) groups excluding carboxylic acids is 2. The van der Waals surface area contributed by atoms with Crippen molar-refractivity contribution in [1.29, 1.82) is 0 Å². The minimum Gasteiger partial charge on any atom is -0.362 e. The maximum atomic E-state index is 12.5. The minimum absolute atomic E-state index is 0.0480. The van der Waals surface area contributed by atoms with Crippen LogP contribution in [0.4, 0.5) is 11.4 Å². The Labute approximate surface area is 154 Å². The van der Waals surface area contributed by atoms with Gasteiger partial charge in [-0.3, -0.25) is 9.59 Å². The van der Waals surface area contributed by atoms with Crippen LogP contribution in [0.2, 0.25) is 0 Å². The summed E-state index contributed by atoms with van der Waals surface area (Å²) >= 11 is 0. The summed E-state index contributed by atoms with van der Waals surface area (Å²) in [4.78, 5) is 28.4. The molecule has 0 saturated carbocycles. The van der Waals surface area contributed by atoms with E-state index in [0.717, 1.165) is 36.3 Å². The van der Waals surface area contributed by atoms with Gasteiger partial charge in [-0.15, -0.1) is 0 Å². The molecule has 0 unspecified atom stereocenters. The Morgan fingerprint density at radius 2 is 1.85 bits per heavy atom. The highest BCUT2D eigenvalue weighted by molar-refractivity contribution is 5.95. The van der Waals surface area contributed by atoms with Gasteiger partial charge >= 0.3 is 0 Å². The Kier molecular flexibility index (Phi) is 5.56. The summed E-state index contributed by atoms with van der Waals surface area (Å²) in [6, 6.07) is 15.9. The molecule has 2 aromatic rings. The first kappa shape index (κ1) is 18.0. The lowest BCUT2D eigenvalue weighted by Crippen LogP contribution is -2.41. The summed E-state index contributed by atoms with van der Waals surface area (Å²) in [6.45, 7) is 3.24. The van der Waals surface area contributed by atoms with E-state index in [1.807, 2.05) is 42.5 Å². The summed E-state index contributed by atoms with van der Waals surface area (Å²) in [5.74, 6) is -0.232. The number of nitrogens with one attached hydrogen (secondary N) is 1. The van der Waals surface area contributed by atoms with E-state index in [2.05, 4.69) is 23.2 Å². The van der Waals surface area contributed by atoms with E-state index in [1.54, 1.807) is 7.05 Å². The van der Waals surface area contributed by atoms with Crippen molar-refractivity contribution in [1.82, 2.24) is 4.90 Å². The molecule has 5 nitrogen and oxygen atoms in total. The fraction of sp³-hybridized carbons (Fsp3) is 0.333. The van der Waals surface area contributed by atoms with E-state index in [1.165, 1.54) is 10.5 Å². The highest BCUT2D eigenvalue weighted by atomic mass is 16.2. The first-order valence-electron chi connectivity index (χ1n) is 9.03. The molecule has 0 spiro atoms. The number of hydrogen-bond acceptors (Lipinski definition) is 3. The van der Waals surface area contributed by atoms with Crippen LogP contribution in [0.15, 0.2) is 48.5 Å². The van der Waals surface area contributed by atoms with Crippen molar-refractivity contribution in [2.75, 3.05) is 36.9 Å². The van der Waals surface area contributed by atoms with Gasteiger partial charge < -0.3 is 15.1 Å². The van der Waals surface area contributed by atoms with Crippen LogP contribution in [0.1, 0.15) is 18.1 Å². The molecule has 0 saturated heterocycles. The number of likely N-dealkylation sites (N-methyl/N-ethyl adjacent to an activating group) is 1. The summed E-state index contributed by atoms with van der Waals surface area (Å²) < 4.78 is 0. The molecule has 136 valence electrons. The largest absolute Gasteiger partial charge is 0.362 e. The summed E-state index contributed by atoms with van der Waals surface area (Å²) in [5, 5.41) is 2.91. The van der Waals surface area contributed by atoms with Crippen LogP contribution in [0.5, 0.6) is 0 Å². The quantitative estimate of drug-likeness (QED) is 0.871. The van der Waals surface area contributed by atoms with E-state index >= 15 is 0 Å². The van der Waals surface area contributed by atoms with Crippen LogP contribution in [0, 0.1) is 0 Å². The number of rotatable bonds is 6. The van der Waals surface area contributed by atoms with E-state index in [4.69, 9.17) is 0 Å². The number of fused-ring (bicyclic) bond motifs is 1. The number of para-hydroxylation sites is 2. The van der Waals surface area contributed by atoms with Crippen molar-refractivity contribution in [3.05, 3.63) is 59.7 Å². The molecule has 3 rings (SSSR count). The van der Waals surface area contributed by atoms with Gasteiger partial charge in [-0.1, -0.05) is 43.3 Å². The van der Waals surface area contributed by atoms with E-state index in [-0.39, 0.29) is 18.4 Å². The van der Waals surface area contributed by atoms with Gasteiger partial charge in [0.15, 0.2) is 0 Å². The molecule has 1 heterocycles. The average Bonchev–Trinajstić information content (AvgIpc) is 3.05. The van der Waals surface area contributed by atoms with E-state index in [0.29, 0.717) is 6.54 Å². The first-order chi connectivity index (χ1) is 12.6. The Balaban J connectivity index is 1.55. The molecular formula is C21H25N3O2. The van der Waals surface area contributed by atoms with Crippen molar-refractivity contribution in [2.24, 2.45) is 0 Å². The van der Waals surface area contributed by atoms with Gasteiger partial charge in [-0.25, -0.2) is 0 Å². The van der Waals surface area contributed by atoms with Crippen LogP contribution in [-0.4, -0.2) is 43.4 Å². The van der Waals surface area contributed by atoms with Crippen molar-refractivity contribution in [3.63, 3.8) is 0 Å². The molecule has 0 fully saturated rings. The second kappa shape index (κ2) is 8.04. The summed E-state index contributed by atoms with van der Waals surface area (Å²) in [6.07, 6.45) is 1.81. The standard InChI is InChI=1S/C21H25N3O2/c1-3-16-8-4-6-10-18(16)22-20(25)14-23(2)21(26)15-24-13-12-17-9-5-7-11-19(17)24/h4-11H,3,12-15H2,1-2H3,(H,22,25). The average molecular weight is 351 g/mol. The van der Waals surface area contributed by atoms with Crippen molar-refractivity contribution in [2.45, 2.75) is 19.8 Å². The van der Waals surface area contributed by atoms with Gasteiger partial charge in [0.05, 0.1) is 13.1 Å². The SMILES string of the molecule is CCc1ccccc1NC(=O)CN(C)C(=O)CN1CCc2ccccc21. The number of carbonyl (C=O) groups is 2. The van der Waals surface area contributed by atoms with Crippen molar-refractivity contribution < 1.29 is 9.59 Å². The lowest BCUT2D eigenvalue weighted by molar-refractivity contribution is -0.132. The number of nitrogens with zero attached hydrogens (tertiary/aromatic N) is 2. The Morgan fingerprint density at radius 3 is 2.65 bits per heavy atom. The smallest absolute Gasteiger partial charge is 0.243 e. The second-order valence-electron chi connectivity index (χ2n) is 6.61. The second-order valence-corrected chi connectivity index (χ2v) is 6.61. The molecule has 0 bridgehead atoms. The maximum absolute atomic E-state index is 12.5. The third kappa shape index (κ3) is 4.04. The summed E-state index contributed by atoms with van der Waals surface area (Å²) in [7, 11) is 1.68. The molecule has 0 atom stereocenters. The number of benzene rings is 2. The number of hydrogen-bond donors (Lipinski definition) is 1. The van der Waals surface area contributed by atoms with Crippen LogP contribution < -0.4 is 10.2 Å². The molecule has 26 heavy (non-hydrogen) atoms. The summed E-state index contributed by atoms with van der Waals surface area (Å²) in [5.41, 5.74) is 4.30. The molecular weight excluding hydrogens is 326 g/mol. The molecule has 0 aromatic heterocycles. The maximum Gasteiger partial charge on any atom is 0.243 e. The minimum atomic E-state index is -0.177. The van der Waals surface area contributed by atoms with Crippen LogP contribution in [-0.2, 0) is 22.4 Å². The highest BCUT2D eigenvalue weighted by Gasteiger charge is 2.22. The van der Waals surface area contributed by atoms with Gasteiger partial charge in [0, 0.05) is 25.0 Å². The van der Waals surface area contributed by atoms with Gasteiger partial charge in [-0.05, 0) is 36.1 Å². The van der Waals surface area contributed by atoms with Gasteiger partial charge in [0.2, 0.25) is 11.8 Å². The predicted octanol–water partition coefficient (Wildman–Crippen LogP) is 2.71. The van der Waals surface area contributed by atoms with Gasteiger partial charge in [-0.2, -0.15) is 0 Å². The lowest BCUT2D eigenvalue weighted by Gasteiger charge is -2.23. The molecule has 5 heteroatoms. The highest BCUT2D eigenvalue weighted by Crippen LogP contribution is 2.27. The number of aryl methyl sites for hydroxylation is 1. The van der Waals surface area contributed by atoms with Crippen LogP contribution >= 0.6 is 0 Å². The zero-order valence-corrected chi connectivity index (χ0v) is 15.4. The molecule has 1 N–H and O–H groups in total. The third-order valence-corrected chi connectivity index (χ3v) is 4.79. The number of anilines is 2. The predicted molar refractivity (Wildman–Crippen MR) is 104 cm³/mol. The van der Waals surface area contributed by atoms with E-state index < -0.39 is 0 Å². The fourth-order valence-corrected chi connectivity index (χ4v) is 3.30. The molecule has 0 aliphatic carbocycles. The Morgan fingerprint density at radius 1 is 1.12 bits per heavy atom. The van der Waals surface area contributed by atoms with Gasteiger partial charge in [0.1, 0.15) is 0 Å². The molecule has 0 radical (unpaired) electrons.